The molecule has 3 rings (SSSR count). The summed E-state index contributed by atoms with van der Waals surface area (Å²) in [4.78, 5) is 0. The van der Waals surface area contributed by atoms with E-state index >= 15 is 0 Å². The molecule has 0 amide bonds. The zero-order valence-corrected chi connectivity index (χ0v) is 9.94. The number of rotatable bonds is 2. The first-order valence-corrected chi connectivity index (χ1v) is 6.08. The number of hydrogen-bond donors (Lipinski definition) is 1. The highest BCUT2D eigenvalue weighted by molar-refractivity contribution is 5.45. The minimum absolute atomic E-state index is 0.582. The lowest BCUT2D eigenvalue weighted by Gasteiger charge is -2.21. The summed E-state index contributed by atoms with van der Waals surface area (Å²) >= 11 is 0. The van der Waals surface area contributed by atoms with Crippen LogP contribution >= 0.6 is 0 Å². The summed E-state index contributed by atoms with van der Waals surface area (Å²) < 4.78 is 5.29. The second-order valence-corrected chi connectivity index (χ2v) is 4.54. The topological polar surface area (TPSA) is 38.1 Å². The standard InChI is InChI=1S/C14H16N2O/c1-15-14-12-8-7-11(9-13(12)16-17-14)10-5-3-2-4-6-10/h2-6,11,15H,7-9H2,1H3. The molecule has 17 heavy (non-hydrogen) atoms. The molecule has 0 saturated heterocycles. The van der Waals surface area contributed by atoms with Crippen molar-refractivity contribution in [1.82, 2.24) is 5.16 Å². The van der Waals surface area contributed by atoms with Crippen molar-refractivity contribution in [3.05, 3.63) is 47.2 Å². The Kier molecular flexibility index (Phi) is 2.59. The SMILES string of the molecule is CNc1onc2c1CCC(c1ccccc1)C2. The van der Waals surface area contributed by atoms with Gasteiger partial charge >= 0.3 is 0 Å². The number of fused-ring (bicyclic) bond motifs is 1. The fourth-order valence-corrected chi connectivity index (χ4v) is 2.62. The number of benzene rings is 1. The normalized spacial score (nSPS) is 18.8. The van der Waals surface area contributed by atoms with Crippen LogP contribution in [0.15, 0.2) is 34.9 Å². The van der Waals surface area contributed by atoms with Gasteiger partial charge in [-0.3, -0.25) is 0 Å². The van der Waals surface area contributed by atoms with Crippen molar-refractivity contribution in [3.8, 4) is 0 Å². The van der Waals surface area contributed by atoms with E-state index in [2.05, 4.69) is 40.8 Å². The Balaban J connectivity index is 1.86. The van der Waals surface area contributed by atoms with Crippen molar-refractivity contribution in [2.45, 2.75) is 25.2 Å². The fourth-order valence-electron chi connectivity index (χ4n) is 2.62. The van der Waals surface area contributed by atoms with Crippen LogP contribution in [0.1, 0.15) is 29.2 Å². The van der Waals surface area contributed by atoms with Gasteiger partial charge in [0.05, 0.1) is 5.69 Å². The highest BCUT2D eigenvalue weighted by atomic mass is 16.5. The van der Waals surface area contributed by atoms with Gasteiger partial charge in [-0.2, -0.15) is 0 Å². The molecule has 0 bridgehead atoms. The largest absolute Gasteiger partial charge is 0.357 e. The maximum Gasteiger partial charge on any atom is 0.227 e. The number of nitrogens with zero attached hydrogens (tertiary/aromatic N) is 1. The van der Waals surface area contributed by atoms with Gasteiger partial charge in [-0.05, 0) is 24.3 Å². The minimum Gasteiger partial charge on any atom is -0.357 e. The molecule has 1 unspecified atom stereocenters. The fraction of sp³-hybridized carbons (Fsp3) is 0.357. The van der Waals surface area contributed by atoms with Crippen LogP contribution in [0, 0.1) is 0 Å². The Labute approximate surface area is 101 Å². The molecular weight excluding hydrogens is 212 g/mol. The molecular formula is C14H16N2O. The quantitative estimate of drug-likeness (QED) is 0.858. The monoisotopic (exact) mass is 228 g/mol. The summed E-state index contributed by atoms with van der Waals surface area (Å²) in [6.07, 6.45) is 3.21. The van der Waals surface area contributed by atoms with Gasteiger partial charge in [-0.15, -0.1) is 0 Å². The van der Waals surface area contributed by atoms with E-state index in [4.69, 9.17) is 4.52 Å². The molecule has 0 radical (unpaired) electrons. The second-order valence-electron chi connectivity index (χ2n) is 4.54. The van der Waals surface area contributed by atoms with Crippen LogP contribution < -0.4 is 5.32 Å². The van der Waals surface area contributed by atoms with Crippen LogP contribution in [0.2, 0.25) is 0 Å². The van der Waals surface area contributed by atoms with E-state index in [1.54, 1.807) is 0 Å². The van der Waals surface area contributed by atoms with Gasteiger partial charge in [-0.25, -0.2) is 0 Å². The Hall–Kier alpha value is -1.77. The summed E-state index contributed by atoms with van der Waals surface area (Å²) in [6.45, 7) is 0. The highest BCUT2D eigenvalue weighted by Crippen LogP contribution is 2.35. The molecule has 1 atom stereocenters. The zero-order chi connectivity index (χ0) is 11.7. The predicted molar refractivity (Wildman–Crippen MR) is 67.3 cm³/mol. The molecule has 0 fully saturated rings. The third kappa shape index (κ3) is 1.82. The van der Waals surface area contributed by atoms with Crippen LogP contribution in [0.4, 0.5) is 5.88 Å². The van der Waals surface area contributed by atoms with Gasteiger partial charge in [0, 0.05) is 19.0 Å². The first kappa shape index (κ1) is 10.4. The van der Waals surface area contributed by atoms with E-state index in [9.17, 15) is 0 Å². The van der Waals surface area contributed by atoms with E-state index in [1.165, 1.54) is 17.5 Å². The van der Waals surface area contributed by atoms with Gasteiger partial charge in [0.2, 0.25) is 5.88 Å². The predicted octanol–water partition coefficient (Wildman–Crippen LogP) is 2.99. The van der Waals surface area contributed by atoms with Crippen molar-refractivity contribution < 1.29 is 4.52 Å². The Morgan fingerprint density at radius 3 is 2.88 bits per heavy atom. The van der Waals surface area contributed by atoms with Gasteiger partial charge in [0.25, 0.3) is 0 Å². The third-order valence-electron chi connectivity index (χ3n) is 3.55. The van der Waals surface area contributed by atoms with Gasteiger partial charge in [-0.1, -0.05) is 35.5 Å². The van der Waals surface area contributed by atoms with Crippen LogP contribution in [-0.2, 0) is 12.8 Å². The first-order chi connectivity index (χ1) is 8.38. The summed E-state index contributed by atoms with van der Waals surface area (Å²) in [6, 6.07) is 10.7. The van der Waals surface area contributed by atoms with E-state index in [0.717, 1.165) is 24.4 Å². The van der Waals surface area contributed by atoms with Crippen LogP contribution in [0.3, 0.4) is 0 Å². The highest BCUT2D eigenvalue weighted by Gasteiger charge is 2.25. The maximum absolute atomic E-state index is 5.29. The molecule has 1 aromatic carbocycles. The first-order valence-electron chi connectivity index (χ1n) is 6.08. The van der Waals surface area contributed by atoms with E-state index in [1.807, 2.05) is 7.05 Å². The Morgan fingerprint density at radius 2 is 2.12 bits per heavy atom. The van der Waals surface area contributed by atoms with E-state index in [0.29, 0.717) is 5.92 Å². The van der Waals surface area contributed by atoms with Crippen LogP contribution in [0.5, 0.6) is 0 Å². The average Bonchev–Trinajstić information content (AvgIpc) is 2.81. The smallest absolute Gasteiger partial charge is 0.227 e. The van der Waals surface area contributed by atoms with Crippen molar-refractivity contribution in [3.63, 3.8) is 0 Å². The lowest BCUT2D eigenvalue weighted by molar-refractivity contribution is 0.422. The van der Waals surface area contributed by atoms with Crippen molar-refractivity contribution in [2.75, 3.05) is 12.4 Å². The van der Waals surface area contributed by atoms with Gasteiger partial charge in [0.1, 0.15) is 0 Å². The maximum atomic E-state index is 5.29. The Morgan fingerprint density at radius 1 is 1.29 bits per heavy atom. The molecule has 0 aliphatic heterocycles. The van der Waals surface area contributed by atoms with Gasteiger partial charge in [0.15, 0.2) is 0 Å². The van der Waals surface area contributed by atoms with Crippen molar-refractivity contribution >= 4 is 5.88 Å². The lowest BCUT2D eigenvalue weighted by atomic mass is 9.83. The molecule has 1 aromatic heterocycles. The van der Waals surface area contributed by atoms with Crippen molar-refractivity contribution in [1.29, 1.82) is 0 Å². The van der Waals surface area contributed by atoms with E-state index < -0.39 is 0 Å². The molecule has 3 heteroatoms. The average molecular weight is 228 g/mol. The van der Waals surface area contributed by atoms with Crippen LogP contribution in [-0.4, -0.2) is 12.2 Å². The number of nitrogens with one attached hydrogen (secondary N) is 1. The second kappa shape index (κ2) is 4.24. The zero-order valence-electron chi connectivity index (χ0n) is 9.94. The summed E-state index contributed by atoms with van der Waals surface area (Å²) in [5.41, 5.74) is 3.79. The molecule has 3 nitrogen and oxygen atoms in total. The minimum atomic E-state index is 0.582. The van der Waals surface area contributed by atoms with Gasteiger partial charge < -0.3 is 9.84 Å². The number of anilines is 1. The molecule has 1 aliphatic carbocycles. The molecule has 2 aromatic rings. The molecule has 88 valence electrons. The summed E-state index contributed by atoms with van der Waals surface area (Å²) in [5, 5.41) is 7.23. The molecule has 1 heterocycles. The Bertz CT molecular complexity index is 504. The molecule has 0 saturated carbocycles. The summed E-state index contributed by atoms with van der Waals surface area (Å²) in [7, 11) is 1.88. The number of aromatic nitrogens is 1. The number of hydrogen-bond acceptors (Lipinski definition) is 3. The third-order valence-corrected chi connectivity index (χ3v) is 3.55. The molecule has 0 spiro atoms. The summed E-state index contributed by atoms with van der Waals surface area (Å²) in [5.74, 6) is 1.42. The molecule has 1 N–H and O–H groups in total. The lowest BCUT2D eigenvalue weighted by Crippen LogP contribution is -2.12. The van der Waals surface area contributed by atoms with Crippen LogP contribution in [0.25, 0.3) is 0 Å². The van der Waals surface area contributed by atoms with E-state index in [-0.39, 0.29) is 0 Å². The van der Waals surface area contributed by atoms with Crippen molar-refractivity contribution in [2.24, 2.45) is 0 Å². The molecule has 1 aliphatic rings.